The van der Waals surface area contributed by atoms with Gasteiger partial charge in [-0.2, -0.15) is 13.2 Å². The second kappa shape index (κ2) is 5.55. The molecule has 118 valence electrons. The second-order valence-corrected chi connectivity index (χ2v) is 6.17. The first-order valence-corrected chi connectivity index (χ1v) is 6.82. The average Bonchev–Trinajstić information content (AvgIpc) is 2.36. The van der Waals surface area contributed by atoms with Crippen molar-refractivity contribution in [3.05, 3.63) is 53.6 Å². The SMILES string of the molecule is CC(C)(C)c1cccc(Oc2cc(N)cc(C(F)(F)F)c2)c1. The average molecular weight is 309 g/mol. The van der Waals surface area contributed by atoms with E-state index in [0.717, 1.165) is 17.7 Å². The first-order chi connectivity index (χ1) is 10.1. The van der Waals surface area contributed by atoms with Gasteiger partial charge in [0.15, 0.2) is 0 Å². The number of hydrogen-bond acceptors (Lipinski definition) is 2. The van der Waals surface area contributed by atoms with Crippen LogP contribution in [0.4, 0.5) is 18.9 Å². The van der Waals surface area contributed by atoms with Crippen LogP contribution < -0.4 is 10.5 Å². The van der Waals surface area contributed by atoms with E-state index in [4.69, 9.17) is 10.5 Å². The molecular weight excluding hydrogens is 291 g/mol. The van der Waals surface area contributed by atoms with E-state index < -0.39 is 11.7 Å². The number of halogens is 3. The molecule has 0 atom stereocenters. The fourth-order valence-corrected chi connectivity index (χ4v) is 2.01. The van der Waals surface area contributed by atoms with Gasteiger partial charge in [-0.05, 0) is 35.2 Å². The van der Waals surface area contributed by atoms with E-state index >= 15 is 0 Å². The molecule has 2 N–H and O–H groups in total. The first kappa shape index (κ1) is 16.2. The summed E-state index contributed by atoms with van der Waals surface area (Å²) in [5.74, 6) is 0.546. The second-order valence-electron chi connectivity index (χ2n) is 6.17. The third kappa shape index (κ3) is 3.93. The molecule has 2 aromatic rings. The van der Waals surface area contributed by atoms with Crippen molar-refractivity contribution in [3.8, 4) is 11.5 Å². The lowest BCUT2D eigenvalue weighted by Gasteiger charge is -2.20. The third-order valence-electron chi connectivity index (χ3n) is 3.19. The van der Waals surface area contributed by atoms with Gasteiger partial charge < -0.3 is 10.5 Å². The van der Waals surface area contributed by atoms with Crippen molar-refractivity contribution >= 4 is 5.69 Å². The molecule has 0 aliphatic carbocycles. The molecule has 0 bridgehead atoms. The summed E-state index contributed by atoms with van der Waals surface area (Å²) >= 11 is 0. The Balaban J connectivity index is 2.34. The molecule has 2 aromatic carbocycles. The van der Waals surface area contributed by atoms with Crippen molar-refractivity contribution in [1.82, 2.24) is 0 Å². The Bertz CT molecular complexity index is 672. The summed E-state index contributed by atoms with van der Waals surface area (Å²) in [5, 5.41) is 0. The molecular formula is C17H18F3NO. The Morgan fingerprint density at radius 3 is 2.09 bits per heavy atom. The lowest BCUT2D eigenvalue weighted by molar-refractivity contribution is -0.137. The minimum Gasteiger partial charge on any atom is -0.457 e. The quantitative estimate of drug-likeness (QED) is 0.756. The standard InChI is InChI=1S/C17H18F3NO/c1-16(2,3)11-5-4-6-14(8-11)22-15-9-12(17(18,19)20)7-13(21)10-15/h4-10H,21H2,1-3H3. The maximum absolute atomic E-state index is 12.8. The summed E-state index contributed by atoms with van der Waals surface area (Å²) in [4.78, 5) is 0. The Hall–Kier alpha value is -2.17. The zero-order valence-corrected chi connectivity index (χ0v) is 12.7. The molecule has 0 aromatic heterocycles. The fraction of sp³-hybridized carbons (Fsp3) is 0.294. The van der Waals surface area contributed by atoms with Gasteiger partial charge in [-0.15, -0.1) is 0 Å². The van der Waals surface area contributed by atoms with E-state index in [0.29, 0.717) is 5.75 Å². The van der Waals surface area contributed by atoms with Crippen molar-refractivity contribution < 1.29 is 17.9 Å². The van der Waals surface area contributed by atoms with E-state index in [-0.39, 0.29) is 16.9 Å². The third-order valence-corrected chi connectivity index (χ3v) is 3.19. The van der Waals surface area contributed by atoms with Gasteiger partial charge in [0, 0.05) is 11.8 Å². The molecule has 0 aliphatic rings. The first-order valence-electron chi connectivity index (χ1n) is 6.82. The molecule has 2 rings (SSSR count). The molecule has 0 radical (unpaired) electrons. The van der Waals surface area contributed by atoms with Crippen molar-refractivity contribution in [2.24, 2.45) is 0 Å². The van der Waals surface area contributed by atoms with E-state index in [1.54, 1.807) is 6.07 Å². The predicted octanol–water partition coefficient (Wildman–Crippen LogP) is 5.38. The molecule has 0 heterocycles. The van der Waals surface area contributed by atoms with Crippen LogP contribution in [0.25, 0.3) is 0 Å². The monoisotopic (exact) mass is 309 g/mol. The summed E-state index contributed by atoms with van der Waals surface area (Å²) in [5.41, 5.74) is 5.67. The van der Waals surface area contributed by atoms with Gasteiger partial charge in [0.2, 0.25) is 0 Å². The minimum atomic E-state index is -4.46. The molecule has 22 heavy (non-hydrogen) atoms. The van der Waals surface area contributed by atoms with Crippen molar-refractivity contribution in [1.29, 1.82) is 0 Å². The van der Waals surface area contributed by atoms with Crippen molar-refractivity contribution in [2.45, 2.75) is 32.4 Å². The predicted molar refractivity (Wildman–Crippen MR) is 81.1 cm³/mol. The van der Waals surface area contributed by atoms with E-state index in [1.807, 2.05) is 39.0 Å². The van der Waals surface area contributed by atoms with Gasteiger partial charge in [0.25, 0.3) is 0 Å². The molecule has 5 heteroatoms. The molecule has 0 unspecified atom stereocenters. The van der Waals surface area contributed by atoms with Gasteiger partial charge in [-0.25, -0.2) is 0 Å². The zero-order chi connectivity index (χ0) is 16.5. The van der Waals surface area contributed by atoms with E-state index in [1.165, 1.54) is 6.07 Å². The fourth-order valence-electron chi connectivity index (χ4n) is 2.01. The van der Waals surface area contributed by atoms with E-state index in [2.05, 4.69) is 0 Å². The summed E-state index contributed by atoms with van der Waals surface area (Å²) in [7, 11) is 0. The smallest absolute Gasteiger partial charge is 0.416 e. The summed E-state index contributed by atoms with van der Waals surface area (Å²) in [6.07, 6.45) is -4.46. The molecule has 0 amide bonds. The van der Waals surface area contributed by atoms with Gasteiger partial charge in [0.05, 0.1) is 5.56 Å². The Labute approximate surface area is 127 Å². The number of nitrogen functional groups attached to an aromatic ring is 1. The molecule has 0 spiro atoms. The van der Waals surface area contributed by atoms with Crippen LogP contribution in [0, 0.1) is 0 Å². The summed E-state index contributed by atoms with van der Waals surface area (Å²) < 4.78 is 43.9. The number of benzene rings is 2. The number of rotatable bonds is 2. The number of ether oxygens (including phenoxy) is 1. The normalized spacial score (nSPS) is 12.3. The number of anilines is 1. The molecule has 0 saturated carbocycles. The maximum atomic E-state index is 12.8. The number of alkyl halides is 3. The van der Waals surface area contributed by atoms with Gasteiger partial charge >= 0.3 is 6.18 Å². The van der Waals surface area contributed by atoms with Gasteiger partial charge in [-0.3, -0.25) is 0 Å². The highest BCUT2D eigenvalue weighted by molar-refractivity contribution is 5.50. The van der Waals surface area contributed by atoms with E-state index in [9.17, 15) is 13.2 Å². The minimum absolute atomic E-state index is 0.0109. The van der Waals surface area contributed by atoms with Crippen LogP contribution in [0.1, 0.15) is 31.9 Å². The van der Waals surface area contributed by atoms with Crippen LogP contribution in [0.3, 0.4) is 0 Å². The Morgan fingerprint density at radius 2 is 1.50 bits per heavy atom. The van der Waals surface area contributed by atoms with Crippen LogP contribution in [0.15, 0.2) is 42.5 Å². The molecule has 0 saturated heterocycles. The van der Waals surface area contributed by atoms with Gasteiger partial charge in [-0.1, -0.05) is 32.9 Å². The van der Waals surface area contributed by atoms with Crippen LogP contribution in [0.5, 0.6) is 11.5 Å². The highest BCUT2D eigenvalue weighted by Gasteiger charge is 2.31. The maximum Gasteiger partial charge on any atom is 0.416 e. The van der Waals surface area contributed by atoms with Crippen molar-refractivity contribution in [3.63, 3.8) is 0 Å². The molecule has 0 fully saturated rings. The lowest BCUT2D eigenvalue weighted by Crippen LogP contribution is -2.10. The number of nitrogens with two attached hydrogens (primary N) is 1. The highest BCUT2D eigenvalue weighted by Crippen LogP contribution is 2.35. The highest BCUT2D eigenvalue weighted by atomic mass is 19.4. The topological polar surface area (TPSA) is 35.2 Å². The molecule has 2 nitrogen and oxygen atoms in total. The number of hydrogen-bond donors (Lipinski definition) is 1. The Morgan fingerprint density at radius 1 is 0.864 bits per heavy atom. The zero-order valence-electron chi connectivity index (χ0n) is 12.7. The summed E-state index contributed by atoms with van der Waals surface area (Å²) in [6, 6.07) is 10.5. The van der Waals surface area contributed by atoms with Crippen LogP contribution in [-0.4, -0.2) is 0 Å². The largest absolute Gasteiger partial charge is 0.457 e. The van der Waals surface area contributed by atoms with Crippen LogP contribution in [-0.2, 0) is 11.6 Å². The Kier molecular flexibility index (Phi) is 4.09. The molecule has 0 aliphatic heterocycles. The van der Waals surface area contributed by atoms with Crippen molar-refractivity contribution in [2.75, 3.05) is 5.73 Å². The summed E-state index contributed by atoms with van der Waals surface area (Å²) in [6.45, 7) is 6.15. The van der Waals surface area contributed by atoms with Crippen LogP contribution >= 0.6 is 0 Å². The van der Waals surface area contributed by atoms with Crippen LogP contribution in [0.2, 0.25) is 0 Å². The lowest BCUT2D eigenvalue weighted by atomic mass is 9.87. The van der Waals surface area contributed by atoms with Gasteiger partial charge in [0.1, 0.15) is 11.5 Å².